The third kappa shape index (κ3) is 2.77. The van der Waals surface area contributed by atoms with Gasteiger partial charge in [-0.25, -0.2) is 4.39 Å². The summed E-state index contributed by atoms with van der Waals surface area (Å²) in [5.41, 5.74) is -1.03. The summed E-state index contributed by atoms with van der Waals surface area (Å²) in [4.78, 5) is 0. The molecule has 0 aliphatic carbocycles. The van der Waals surface area contributed by atoms with Gasteiger partial charge in [0.15, 0.2) is 0 Å². The quantitative estimate of drug-likeness (QED) is 0.792. The molecule has 2 rings (SSSR count). The first-order valence-corrected chi connectivity index (χ1v) is 5.56. The van der Waals surface area contributed by atoms with Crippen molar-refractivity contribution in [3.05, 3.63) is 35.1 Å². The van der Waals surface area contributed by atoms with E-state index in [1.165, 1.54) is 12.1 Å². The highest BCUT2D eigenvalue weighted by Crippen LogP contribution is 2.32. The topological polar surface area (TPSA) is 12.0 Å². The van der Waals surface area contributed by atoms with E-state index in [9.17, 15) is 17.6 Å². The van der Waals surface area contributed by atoms with Crippen molar-refractivity contribution >= 4 is 0 Å². The highest BCUT2D eigenvalue weighted by Gasteiger charge is 2.35. The highest BCUT2D eigenvalue weighted by atomic mass is 19.4. The van der Waals surface area contributed by atoms with Gasteiger partial charge in [-0.05, 0) is 37.4 Å². The van der Waals surface area contributed by atoms with Gasteiger partial charge in [0, 0.05) is 6.04 Å². The second-order valence-corrected chi connectivity index (χ2v) is 4.27. The van der Waals surface area contributed by atoms with Crippen molar-refractivity contribution in [1.29, 1.82) is 0 Å². The summed E-state index contributed by atoms with van der Waals surface area (Å²) in [6, 6.07) is 3.55. The van der Waals surface area contributed by atoms with E-state index in [0.29, 0.717) is 6.42 Å². The van der Waals surface area contributed by atoms with Gasteiger partial charge in [0.1, 0.15) is 5.82 Å². The number of benzene rings is 1. The van der Waals surface area contributed by atoms with Crippen LogP contribution in [0.15, 0.2) is 18.2 Å². The molecule has 0 saturated carbocycles. The molecule has 1 unspecified atom stereocenters. The third-order valence-corrected chi connectivity index (χ3v) is 3.01. The maximum Gasteiger partial charge on any atom is 0.419 e. The standard InChI is InChI=1S/C12H13F4N/c13-11-8(7-9-4-2-6-17-9)3-1-5-10(11)12(14,15)16/h1,3,5,9,17H,2,4,6-7H2. The Morgan fingerprint density at radius 3 is 2.65 bits per heavy atom. The van der Waals surface area contributed by atoms with Crippen LogP contribution in [0.25, 0.3) is 0 Å². The zero-order chi connectivity index (χ0) is 12.5. The van der Waals surface area contributed by atoms with Crippen molar-refractivity contribution in [1.82, 2.24) is 5.32 Å². The first kappa shape index (κ1) is 12.4. The SMILES string of the molecule is Fc1c(CC2CCCN2)cccc1C(F)(F)F. The Hall–Kier alpha value is -1.10. The zero-order valence-corrected chi connectivity index (χ0v) is 9.15. The first-order valence-electron chi connectivity index (χ1n) is 5.56. The summed E-state index contributed by atoms with van der Waals surface area (Å²) in [5, 5.41) is 3.14. The van der Waals surface area contributed by atoms with Crippen LogP contribution in [0.2, 0.25) is 0 Å². The van der Waals surface area contributed by atoms with Crippen molar-refractivity contribution in [2.75, 3.05) is 6.54 Å². The normalized spacial score (nSPS) is 20.8. The Kier molecular flexibility index (Phi) is 3.38. The van der Waals surface area contributed by atoms with Crippen molar-refractivity contribution in [2.24, 2.45) is 0 Å². The molecule has 0 aromatic heterocycles. The summed E-state index contributed by atoms with van der Waals surface area (Å²) in [6.45, 7) is 0.852. The lowest BCUT2D eigenvalue weighted by Crippen LogP contribution is -2.24. The minimum atomic E-state index is -4.62. The molecule has 1 heterocycles. The molecule has 94 valence electrons. The molecule has 1 aromatic carbocycles. The molecule has 1 fully saturated rings. The predicted octanol–water partition coefficient (Wildman–Crippen LogP) is 3.14. The molecular formula is C12H13F4N. The highest BCUT2D eigenvalue weighted by molar-refractivity contribution is 5.28. The third-order valence-electron chi connectivity index (χ3n) is 3.01. The fourth-order valence-electron chi connectivity index (χ4n) is 2.15. The molecule has 0 amide bonds. The number of hydrogen-bond acceptors (Lipinski definition) is 1. The lowest BCUT2D eigenvalue weighted by Gasteiger charge is -2.14. The minimum absolute atomic E-state index is 0.0907. The lowest BCUT2D eigenvalue weighted by molar-refractivity contribution is -0.140. The maximum absolute atomic E-state index is 13.7. The average Bonchev–Trinajstić information content (AvgIpc) is 2.72. The van der Waals surface area contributed by atoms with E-state index in [2.05, 4.69) is 5.32 Å². The van der Waals surface area contributed by atoms with Crippen LogP contribution >= 0.6 is 0 Å². The van der Waals surface area contributed by atoms with Gasteiger partial charge < -0.3 is 5.32 Å². The summed E-state index contributed by atoms with van der Waals surface area (Å²) in [7, 11) is 0. The zero-order valence-electron chi connectivity index (χ0n) is 9.15. The van der Waals surface area contributed by atoms with Crippen LogP contribution in [0.5, 0.6) is 0 Å². The van der Waals surface area contributed by atoms with E-state index in [0.717, 1.165) is 25.5 Å². The summed E-state index contributed by atoms with van der Waals surface area (Å²) in [6.07, 6.45) is -2.43. The molecule has 0 bridgehead atoms. The van der Waals surface area contributed by atoms with Crippen LogP contribution in [-0.4, -0.2) is 12.6 Å². The second kappa shape index (κ2) is 4.64. The molecule has 0 spiro atoms. The minimum Gasteiger partial charge on any atom is -0.314 e. The van der Waals surface area contributed by atoms with Crippen LogP contribution in [0.3, 0.4) is 0 Å². The largest absolute Gasteiger partial charge is 0.419 e. The Bertz CT molecular complexity index is 394. The summed E-state index contributed by atoms with van der Waals surface area (Å²) < 4.78 is 51.1. The van der Waals surface area contributed by atoms with E-state index in [1.807, 2.05) is 0 Å². The van der Waals surface area contributed by atoms with Gasteiger partial charge in [-0.1, -0.05) is 12.1 Å². The molecule has 1 aromatic rings. The van der Waals surface area contributed by atoms with Gasteiger partial charge in [0.05, 0.1) is 5.56 Å². The molecule has 5 heteroatoms. The maximum atomic E-state index is 13.7. The number of halogens is 4. The van der Waals surface area contributed by atoms with E-state index in [4.69, 9.17) is 0 Å². The monoisotopic (exact) mass is 247 g/mol. The fraction of sp³-hybridized carbons (Fsp3) is 0.500. The van der Waals surface area contributed by atoms with Gasteiger partial charge in [0.2, 0.25) is 0 Å². The molecule has 1 nitrogen and oxygen atoms in total. The number of hydrogen-bond donors (Lipinski definition) is 1. The van der Waals surface area contributed by atoms with Crippen molar-refractivity contribution in [3.63, 3.8) is 0 Å². The summed E-state index contributed by atoms with van der Waals surface area (Å²) >= 11 is 0. The van der Waals surface area contributed by atoms with E-state index in [1.54, 1.807) is 0 Å². The van der Waals surface area contributed by atoms with Crippen LogP contribution in [0.4, 0.5) is 17.6 Å². The van der Waals surface area contributed by atoms with Crippen molar-refractivity contribution < 1.29 is 17.6 Å². The molecule has 1 aliphatic rings. The number of alkyl halides is 3. The van der Waals surface area contributed by atoms with Crippen molar-refractivity contribution in [2.45, 2.75) is 31.5 Å². The van der Waals surface area contributed by atoms with Gasteiger partial charge in [-0.2, -0.15) is 13.2 Å². The Labute approximate surface area is 96.8 Å². The first-order chi connectivity index (χ1) is 7.98. The molecule has 1 N–H and O–H groups in total. The predicted molar refractivity (Wildman–Crippen MR) is 56.1 cm³/mol. The Morgan fingerprint density at radius 2 is 2.06 bits per heavy atom. The van der Waals surface area contributed by atoms with E-state index < -0.39 is 17.6 Å². The molecule has 0 radical (unpaired) electrons. The van der Waals surface area contributed by atoms with Gasteiger partial charge in [0.25, 0.3) is 0 Å². The molecule has 1 aliphatic heterocycles. The van der Waals surface area contributed by atoms with Crippen LogP contribution in [0.1, 0.15) is 24.0 Å². The molecular weight excluding hydrogens is 234 g/mol. The van der Waals surface area contributed by atoms with Crippen LogP contribution < -0.4 is 5.32 Å². The van der Waals surface area contributed by atoms with E-state index in [-0.39, 0.29) is 11.6 Å². The average molecular weight is 247 g/mol. The van der Waals surface area contributed by atoms with Crippen LogP contribution in [0, 0.1) is 5.82 Å². The Morgan fingerprint density at radius 1 is 1.29 bits per heavy atom. The second-order valence-electron chi connectivity index (χ2n) is 4.27. The van der Waals surface area contributed by atoms with Crippen LogP contribution in [-0.2, 0) is 12.6 Å². The van der Waals surface area contributed by atoms with Gasteiger partial charge in [-0.3, -0.25) is 0 Å². The van der Waals surface area contributed by atoms with Crippen molar-refractivity contribution in [3.8, 4) is 0 Å². The fourth-order valence-corrected chi connectivity index (χ4v) is 2.15. The van der Waals surface area contributed by atoms with Gasteiger partial charge >= 0.3 is 6.18 Å². The molecule has 1 atom stereocenters. The van der Waals surface area contributed by atoms with E-state index >= 15 is 0 Å². The molecule has 1 saturated heterocycles. The molecule has 17 heavy (non-hydrogen) atoms. The lowest BCUT2D eigenvalue weighted by atomic mass is 10.0. The number of rotatable bonds is 2. The smallest absolute Gasteiger partial charge is 0.314 e. The Balaban J connectivity index is 2.22. The summed E-state index contributed by atoms with van der Waals surface area (Å²) in [5.74, 6) is -1.13. The number of nitrogens with one attached hydrogen (secondary N) is 1. The van der Waals surface area contributed by atoms with Gasteiger partial charge in [-0.15, -0.1) is 0 Å².